The minimum atomic E-state index is -0.663. The first-order chi connectivity index (χ1) is 4.91. The van der Waals surface area contributed by atoms with Gasteiger partial charge in [0.2, 0.25) is 0 Å². The van der Waals surface area contributed by atoms with Crippen LogP contribution in [0.2, 0.25) is 0 Å². The minimum Gasteiger partial charge on any atom is -0.233 e. The lowest BCUT2D eigenvalue weighted by molar-refractivity contribution is 0.335. The second-order valence-electron chi connectivity index (χ2n) is 3.23. The number of aromatic nitrogens is 3. The number of rotatable bonds is 0. The highest BCUT2D eigenvalue weighted by Gasteiger charge is 2.19. The zero-order valence-electron chi connectivity index (χ0n) is 6.60. The van der Waals surface area contributed by atoms with Gasteiger partial charge in [-0.05, 0) is 20.8 Å². The Morgan fingerprint density at radius 1 is 1.45 bits per heavy atom. The van der Waals surface area contributed by atoms with Gasteiger partial charge >= 0.3 is 6.08 Å². The molecule has 0 aromatic carbocycles. The molecule has 0 bridgehead atoms. The van der Waals surface area contributed by atoms with Crippen LogP contribution in [-0.2, 0) is 5.54 Å². The van der Waals surface area contributed by atoms with Crippen molar-refractivity contribution in [2.24, 2.45) is 0 Å². The molecule has 1 heterocycles. The van der Waals surface area contributed by atoms with Gasteiger partial charge in [0.25, 0.3) is 0 Å². The molecule has 0 radical (unpaired) electrons. The molecule has 0 fully saturated rings. The molecule has 0 aliphatic carbocycles. The molecule has 0 saturated heterocycles. The Kier molecular flexibility index (Phi) is 2.17. The Bertz CT molecular complexity index is 263. The highest BCUT2D eigenvalue weighted by molar-refractivity contribution is 14.1. The van der Waals surface area contributed by atoms with Gasteiger partial charge in [-0.2, -0.15) is 9.37 Å². The van der Waals surface area contributed by atoms with Crippen molar-refractivity contribution in [1.29, 1.82) is 0 Å². The second kappa shape index (κ2) is 2.69. The Morgan fingerprint density at radius 3 is 2.18 bits per heavy atom. The van der Waals surface area contributed by atoms with Crippen molar-refractivity contribution in [3.8, 4) is 0 Å². The predicted molar refractivity (Wildman–Crippen MR) is 47.7 cm³/mol. The number of hydrogen-bond donors (Lipinski definition) is 0. The van der Waals surface area contributed by atoms with E-state index in [1.54, 1.807) is 4.68 Å². The van der Waals surface area contributed by atoms with Crippen molar-refractivity contribution < 1.29 is 4.39 Å². The fraction of sp³-hybridized carbons (Fsp3) is 0.667. The summed E-state index contributed by atoms with van der Waals surface area (Å²) in [5, 5.41) is 3.61. The summed E-state index contributed by atoms with van der Waals surface area (Å²) in [6.45, 7) is 5.84. The molecule has 0 aliphatic rings. The van der Waals surface area contributed by atoms with E-state index < -0.39 is 6.08 Å². The van der Waals surface area contributed by atoms with Crippen LogP contribution >= 0.6 is 22.6 Å². The van der Waals surface area contributed by atoms with E-state index in [4.69, 9.17) is 0 Å². The standard InChI is InChI=1S/C6H9FIN3/c1-6(2,3)11-5(8)9-4(7)10-11/h1-3H3. The van der Waals surface area contributed by atoms with Crippen LogP contribution in [0, 0.1) is 9.91 Å². The van der Waals surface area contributed by atoms with Crippen molar-refractivity contribution in [2.45, 2.75) is 26.3 Å². The van der Waals surface area contributed by atoms with Gasteiger partial charge < -0.3 is 0 Å². The molecule has 0 N–H and O–H groups in total. The van der Waals surface area contributed by atoms with E-state index in [2.05, 4.69) is 10.1 Å². The highest BCUT2D eigenvalue weighted by atomic mass is 127. The van der Waals surface area contributed by atoms with E-state index in [1.165, 1.54) is 0 Å². The van der Waals surface area contributed by atoms with Crippen molar-refractivity contribution in [3.05, 3.63) is 9.91 Å². The van der Waals surface area contributed by atoms with E-state index in [0.717, 1.165) is 0 Å². The molecule has 0 unspecified atom stereocenters. The Labute approximate surface area is 78.1 Å². The molecule has 62 valence electrons. The molecule has 11 heavy (non-hydrogen) atoms. The normalized spacial score (nSPS) is 12.1. The summed E-state index contributed by atoms with van der Waals surface area (Å²) in [6.07, 6.45) is -0.663. The molecule has 0 amide bonds. The lowest BCUT2D eigenvalue weighted by Crippen LogP contribution is -2.24. The van der Waals surface area contributed by atoms with Crippen LogP contribution in [0.1, 0.15) is 20.8 Å². The third kappa shape index (κ3) is 1.88. The van der Waals surface area contributed by atoms with Crippen LogP contribution in [0.5, 0.6) is 0 Å². The largest absolute Gasteiger partial charge is 0.328 e. The van der Waals surface area contributed by atoms with Crippen LogP contribution in [0.15, 0.2) is 0 Å². The summed E-state index contributed by atoms with van der Waals surface area (Å²) < 4.78 is 14.6. The summed E-state index contributed by atoms with van der Waals surface area (Å²) in [7, 11) is 0. The predicted octanol–water partition coefficient (Wildman–Crippen LogP) is 1.78. The van der Waals surface area contributed by atoms with Crippen molar-refractivity contribution >= 4 is 22.6 Å². The summed E-state index contributed by atoms with van der Waals surface area (Å²) in [5.74, 6) is 0. The van der Waals surface area contributed by atoms with Crippen molar-refractivity contribution in [2.75, 3.05) is 0 Å². The SMILES string of the molecule is CC(C)(C)n1nc(F)nc1I. The van der Waals surface area contributed by atoms with Gasteiger partial charge in [-0.25, -0.2) is 4.68 Å². The zero-order valence-corrected chi connectivity index (χ0v) is 8.76. The average molecular weight is 269 g/mol. The fourth-order valence-electron chi connectivity index (χ4n) is 0.696. The Balaban J connectivity index is 3.13. The van der Waals surface area contributed by atoms with E-state index in [1.807, 2.05) is 43.4 Å². The maximum Gasteiger partial charge on any atom is 0.328 e. The minimum absolute atomic E-state index is 0.201. The van der Waals surface area contributed by atoms with Crippen LogP contribution < -0.4 is 0 Å². The van der Waals surface area contributed by atoms with Gasteiger partial charge in [0.15, 0.2) is 3.83 Å². The monoisotopic (exact) mass is 269 g/mol. The molecule has 0 atom stereocenters. The maximum absolute atomic E-state index is 12.5. The first-order valence-corrected chi connectivity index (χ1v) is 4.27. The molecule has 1 aromatic heterocycles. The Morgan fingerprint density at radius 2 is 2.00 bits per heavy atom. The maximum atomic E-state index is 12.5. The van der Waals surface area contributed by atoms with Crippen LogP contribution in [-0.4, -0.2) is 14.8 Å². The van der Waals surface area contributed by atoms with E-state index in [9.17, 15) is 4.39 Å². The number of halogens is 2. The fourth-order valence-corrected chi connectivity index (χ4v) is 1.73. The van der Waals surface area contributed by atoms with Gasteiger partial charge in [0.05, 0.1) is 5.54 Å². The van der Waals surface area contributed by atoms with Gasteiger partial charge in [0, 0.05) is 22.6 Å². The topological polar surface area (TPSA) is 30.7 Å². The second-order valence-corrected chi connectivity index (χ2v) is 4.20. The zero-order chi connectivity index (χ0) is 8.65. The first kappa shape index (κ1) is 8.89. The highest BCUT2D eigenvalue weighted by Crippen LogP contribution is 2.15. The van der Waals surface area contributed by atoms with E-state index >= 15 is 0 Å². The van der Waals surface area contributed by atoms with E-state index in [0.29, 0.717) is 3.83 Å². The molecule has 5 heteroatoms. The van der Waals surface area contributed by atoms with Gasteiger partial charge in [-0.15, -0.1) is 5.10 Å². The summed E-state index contributed by atoms with van der Waals surface area (Å²) >= 11 is 1.96. The smallest absolute Gasteiger partial charge is 0.233 e. The number of nitrogens with zero attached hydrogens (tertiary/aromatic N) is 3. The summed E-state index contributed by atoms with van der Waals surface area (Å²) in [5.41, 5.74) is -0.201. The molecule has 0 saturated carbocycles. The van der Waals surface area contributed by atoms with E-state index in [-0.39, 0.29) is 5.54 Å². The average Bonchev–Trinajstić information content (AvgIpc) is 2.08. The molecule has 1 aromatic rings. The molecule has 1 rings (SSSR count). The van der Waals surface area contributed by atoms with Crippen LogP contribution in [0.3, 0.4) is 0 Å². The van der Waals surface area contributed by atoms with Crippen molar-refractivity contribution in [1.82, 2.24) is 14.8 Å². The lowest BCUT2D eigenvalue weighted by Gasteiger charge is -2.18. The molecular formula is C6H9FIN3. The third-order valence-corrected chi connectivity index (χ3v) is 1.88. The quantitative estimate of drug-likeness (QED) is 0.672. The molecule has 3 nitrogen and oxygen atoms in total. The molecular weight excluding hydrogens is 260 g/mol. The summed E-state index contributed by atoms with van der Waals surface area (Å²) in [4.78, 5) is 3.55. The molecule has 0 aliphatic heterocycles. The van der Waals surface area contributed by atoms with Crippen molar-refractivity contribution in [3.63, 3.8) is 0 Å². The molecule has 0 spiro atoms. The summed E-state index contributed by atoms with van der Waals surface area (Å²) in [6, 6.07) is 0. The third-order valence-electron chi connectivity index (χ3n) is 1.18. The van der Waals surface area contributed by atoms with Gasteiger partial charge in [-0.3, -0.25) is 0 Å². The number of hydrogen-bond acceptors (Lipinski definition) is 2. The lowest BCUT2D eigenvalue weighted by atomic mass is 10.1. The van der Waals surface area contributed by atoms with Crippen LogP contribution in [0.4, 0.5) is 4.39 Å². The first-order valence-electron chi connectivity index (χ1n) is 3.20. The van der Waals surface area contributed by atoms with Gasteiger partial charge in [0.1, 0.15) is 0 Å². The Hall–Kier alpha value is -0.200. The van der Waals surface area contributed by atoms with Crippen LogP contribution in [0.25, 0.3) is 0 Å². The van der Waals surface area contributed by atoms with Gasteiger partial charge in [-0.1, -0.05) is 0 Å².